The van der Waals surface area contributed by atoms with Gasteiger partial charge < -0.3 is 10.1 Å². The molecular formula is C26H33NO3. The van der Waals surface area contributed by atoms with Crippen LogP contribution in [0.15, 0.2) is 54.6 Å². The molecule has 0 heterocycles. The molecule has 2 aromatic rings. The van der Waals surface area contributed by atoms with Crippen LogP contribution in [0.1, 0.15) is 68.8 Å². The molecular weight excluding hydrogens is 374 g/mol. The van der Waals surface area contributed by atoms with E-state index in [9.17, 15) is 9.59 Å². The molecule has 0 atom stereocenters. The molecule has 4 heteroatoms. The van der Waals surface area contributed by atoms with Crippen LogP contribution in [0.3, 0.4) is 0 Å². The van der Waals surface area contributed by atoms with Crippen molar-refractivity contribution in [1.29, 1.82) is 0 Å². The average molecular weight is 408 g/mol. The van der Waals surface area contributed by atoms with E-state index in [0.717, 1.165) is 18.8 Å². The van der Waals surface area contributed by atoms with Crippen molar-refractivity contribution in [2.45, 2.75) is 58.9 Å². The monoisotopic (exact) mass is 407 g/mol. The van der Waals surface area contributed by atoms with E-state index in [4.69, 9.17) is 4.74 Å². The molecule has 0 aliphatic heterocycles. The van der Waals surface area contributed by atoms with Gasteiger partial charge in [0.1, 0.15) is 5.75 Å². The van der Waals surface area contributed by atoms with E-state index in [0.29, 0.717) is 22.3 Å². The van der Waals surface area contributed by atoms with Crippen molar-refractivity contribution in [3.8, 4) is 5.75 Å². The number of rotatable bonds is 8. The maximum atomic E-state index is 12.4. The molecule has 1 aliphatic rings. The van der Waals surface area contributed by atoms with E-state index < -0.39 is 0 Å². The fraction of sp³-hybridized carbons (Fsp3) is 0.462. The van der Waals surface area contributed by atoms with Gasteiger partial charge in [0.2, 0.25) is 0 Å². The standard InChI is InChI=1S/C26H33NO3/c1-4-26(2,3)21-12-14-22(15-13-21)27-24(28)18-30-23-16-10-20(11-17-23)25(29)19-8-6-5-7-9-19/h5-11,16-17,21-22H,4,12-15,18H2,1-3H3,(H,27,28). The van der Waals surface area contributed by atoms with Crippen LogP contribution in [0.4, 0.5) is 0 Å². The highest BCUT2D eigenvalue weighted by molar-refractivity contribution is 6.08. The summed E-state index contributed by atoms with van der Waals surface area (Å²) in [7, 11) is 0. The lowest BCUT2D eigenvalue weighted by molar-refractivity contribution is -0.124. The van der Waals surface area contributed by atoms with Gasteiger partial charge in [-0.2, -0.15) is 0 Å². The summed E-state index contributed by atoms with van der Waals surface area (Å²) in [5.41, 5.74) is 1.64. The van der Waals surface area contributed by atoms with Gasteiger partial charge in [0.05, 0.1) is 0 Å². The van der Waals surface area contributed by atoms with E-state index >= 15 is 0 Å². The number of ether oxygens (including phenoxy) is 1. The summed E-state index contributed by atoms with van der Waals surface area (Å²) in [6, 6.07) is 16.4. The highest BCUT2D eigenvalue weighted by Crippen LogP contribution is 2.40. The zero-order chi connectivity index (χ0) is 21.6. The fourth-order valence-corrected chi connectivity index (χ4v) is 4.18. The third kappa shape index (κ3) is 5.71. The number of benzene rings is 2. The maximum Gasteiger partial charge on any atom is 0.258 e. The number of hydrogen-bond acceptors (Lipinski definition) is 3. The highest BCUT2D eigenvalue weighted by Gasteiger charge is 2.32. The Morgan fingerprint density at radius 3 is 2.13 bits per heavy atom. The van der Waals surface area contributed by atoms with Crippen LogP contribution >= 0.6 is 0 Å². The summed E-state index contributed by atoms with van der Waals surface area (Å²) in [6.07, 6.45) is 5.61. The van der Waals surface area contributed by atoms with Gasteiger partial charge in [-0.25, -0.2) is 0 Å². The molecule has 3 rings (SSSR count). The van der Waals surface area contributed by atoms with Crippen molar-refractivity contribution in [3.63, 3.8) is 0 Å². The first-order chi connectivity index (χ1) is 14.4. The number of nitrogens with one attached hydrogen (secondary N) is 1. The normalized spacial score (nSPS) is 19.2. The second-order valence-electron chi connectivity index (χ2n) is 8.97. The largest absolute Gasteiger partial charge is 0.484 e. The first-order valence-electron chi connectivity index (χ1n) is 11.0. The Morgan fingerprint density at radius 1 is 0.933 bits per heavy atom. The summed E-state index contributed by atoms with van der Waals surface area (Å²) in [4.78, 5) is 24.7. The summed E-state index contributed by atoms with van der Waals surface area (Å²) >= 11 is 0. The molecule has 0 unspecified atom stereocenters. The number of carbonyl (C=O) groups excluding carboxylic acids is 2. The predicted molar refractivity (Wildman–Crippen MR) is 120 cm³/mol. The number of hydrogen-bond donors (Lipinski definition) is 1. The van der Waals surface area contributed by atoms with Crippen LogP contribution in [0.2, 0.25) is 0 Å². The van der Waals surface area contributed by atoms with Gasteiger partial charge >= 0.3 is 0 Å². The minimum absolute atomic E-state index is 0.00758. The van der Waals surface area contributed by atoms with Gasteiger partial charge in [-0.3, -0.25) is 9.59 Å². The summed E-state index contributed by atoms with van der Waals surface area (Å²) < 4.78 is 5.62. The first-order valence-corrected chi connectivity index (χ1v) is 11.0. The Hall–Kier alpha value is -2.62. The third-order valence-corrected chi connectivity index (χ3v) is 6.63. The first kappa shape index (κ1) is 22.1. The molecule has 0 spiro atoms. The van der Waals surface area contributed by atoms with Crippen LogP contribution in [-0.2, 0) is 4.79 Å². The molecule has 1 aliphatic carbocycles. The SMILES string of the molecule is CCC(C)(C)C1CCC(NC(=O)COc2ccc(C(=O)c3ccccc3)cc2)CC1. The van der Waals surface area contributed by atoms with Crippen LogP contribution in [0, 0.1) is 11.3 Å². The lowest BCUT2D eigenvalue weighted by Gasteiger charge is -2.39. The van der Waals surface area contributed by atoms with Gasteiger partial charge in [-0.05, 0) is 61.3 Å². The Morgan fingerprint density at radius 2 is 1.53 bits per heavy atom. The second kappa shape index (κ2) is 9.92. The Bertz CT molecular complexity index is 834. The molecule has 2 aromatic carbocycles. The van der Waals surface area contributed by atoms with E-state index in [1.54, 1.807) is 36.4 Å². The van der Waals surface area contributed by atoms with E-state index in [1.165, 1.54) is 19.3 Å². The minimum atomic E-state index is -0.0855. The molecule has 1 fully saturated rings. The molecule has 30 heavy (non-hydrogen) atoms. The molecule has 0 radical (unpaired) electrons. The molecule has 0 aromatic heterocycles. The molecule has 4 nitrogen and oxygen atoms in total. The smallest absolute Gasteiger partial charge is 0.258 e. The minimum Gasteiger partial charge on any atom is -0.484 e. The van der Waals surface area contributed by atoms with Crippen molar-refractivity contribution < 1.29 is 14.3 Å². The van der Waals surface area contributed by atoms with Crippen LogP contribution in [0.25, 0.3) is 0 Å². The lowest BCUT2D eigenvalue weighted by Crippen LogP contribution is -2.41. The summed E-state index contributed by atoms with van der Waals surface area (Å²) in [5, 5.41) is 3.11. The van der Waals surface area contributed by atoms with Crippen LogP contribution < -0.4 is 10.1 Å². The average Bonchev–Trinajstić information content (AvgIpc) is 2.78. The summed E-state index contributed by atoms with van der Waals surface area (Å²) in [6.45, 7) is 6.95. The van der Waals surface area contributed by atoms with Crippen molar-refractivity contribution in [2.24, 2.45) is 11.3 Å². The Labute approximate surface area is 180 Å². The zero-order valence-corrected chi connectivity index (χ0v) is 18.3. The van der Waals surface area contributed by atoms with Crippen LogP contribution in [-0.4, -0.2) is 24.3 Å². The van der Waals surface area contributed by atoms with Gasteiger partial charge in [-0.15, -0.1) is 0 Å². The maximum absolute atomic E-state index is 12.4. The van der Waals surface area contributed by atoms with E-state index in [2.05, 4.69) is 26.1 Å². The molecule has 0 bridgehead atoms. The number of ketones is 1. The molecule has 0 saturated heterocycles. The van der Waals surface area contributed by atoms with Crippen molar-refractivity contribution in [2.75, 3.05) is 6.61 Å². The van der Waals surface area contributed by atoms with Crippen molar-refractivity contribution in [3.05, 3.63) is 65.7 Å². The zero-order valence-electron chi connectivity index (χ0n) is 18.3. The van der Waals surface area contributed by atoms with Gasteiger partial charge in [0.25, 0.3) is 5.91 Å². The van der Waals surface area contributed by atoms with Gasteiger partial charge in [0.15, 0.2) is 12.4 Å². The molecule has 1 amide bonds. The Balaban J connectivity index is 1.44. The quantitative estimate of drug-likeness (QED) is 0.596. The molecule has 1 saturated carbocycles. The second-order valence-corrected chi connectivity index (χ2v) is 8.97. The van der Waals surface area contributed by atoms with Crippen LogP contribution in [0.5, 0.6) is 5.75 Å². The van der Waals surface area contributed by atoms with E-state index in [-0.39, 0.29) is 24.3 Å². The molecule has 160 valence electrons. The molecule has 1 N–H and O–H groups in total. The predicted octanol–water partition coefficient (Wildman–Crippen LogP) is 5.41. The number of amides is 1. The summed E-state index contributed by atoms with van der Waals surface area (Å²) in [5.74, 6) is 1.21. The fourth-order valence-electron chi connectivity index (χ4n) is 4.18. The third-order valence-electron chi connectivity index (χ3n) is 6.63. The Kier molecular flexibility index (Phi) is 7.30. The number of carbonyl (C=O) groups is 2. The van der Waals surface area contributed by atoms with Crippen molar-refractivity contribution >= 4 is 11.7 Å². The highest BCUT2D eigenvalue weighted by atomic mass is 16.5. The van der Waals surface area contributed by atoms with E-state index in [1.807, 2.05) is 18.2 Å². The topological polar surface area (TPSA) is 55.4 Å². The van der Waals surface area contributed by atoms with Gasteiger partial charge in [0, 0.05) is 17.2 Å². The van der Waals surface area contributed by atoms with Crippen molar-refractivity contribution in [1.82, 2.24) is 5.32 Å². The van der Waals surface area contributed by atoms with Gasteiger partial charge in [-0.1, -0.05) is 57.5 Å². The lowest BCUT2D eigenvalue weighted by atomic mass is 9.69.